The van der Waals surface area contributed by atoms with Crippen molar-refractivity contribution < 1.29 is 14.7 Å². The molecule has 114 valence electrons. The minimum Gasteiger partial charge on any atom is -0.478 e. The first kappa shape index (κ1) is 17.0. The average Bonchev–Trinajstić information content (AvgIpc) is 2.41. The number of nitrogens with zero attached hydrogens (tertiary/aromatic N) is 1. The zero-order valence-electron chi connectivity index (χ0n) is 13.1. The lowest BCUT2D eigenvalue weighted by Gasteiger charge is -2.26. The van der Waals surface area contributed by atoms with Crippen LogP contribution >= 0.6 is 0 Å². The number of carbonyl (C=O) groups is 2. The summed E-state index contributed by atoms with van der Waals surface area (Å²) < 4.78 is 0. The molecule has 0 atom stereocenters. The van der Waals surface area contributed by atoms with Crippen molar-refractivity contribution in [3.8, 4) is 0 Å². The Bertz CT molecular complexity index is 547. The van der Waals surface area contributed by atoms with E-state index in [4.69, 9.17) is 5.11 Å². The van der Waals surface area contributed by atoms with Crippen molar-refractivity contribution in [3.63, 3.8) is 0 Å². The predicted octanol–water partition coefficient (Wildman–Crippen LogP) is 3.35. The summed E-state index contributed by atoms with van der Waals surface area (Å²) in [7, 11) is 0. The summed E-state index contributed by atoms with van der Waals surface area (Å²) in [6, 6.07) is 5.57. The summed E-state index contributed by atoms with van der Waals surface area (Å²) in [5, 5.41) is 8.69. The van der Waals surface area contributed by atoms with E-state index < -0.39 is 5.97 Å². The molecule has 0 spiro atoms. The number of benzene rings is 1. The Morgan fingerprint density at radius 3 is 2.48 bits per heavy atom. The molecule has 0 saturated heterocycles. The molecule has 0 aromatic heterocycles. The second-order valence-corrected chi connectivity index (χ2v) is 5.40. The Kier molecular flexibility index (Phi) is 6.15. The third kappa shape index (κ3) is 5.06. The highest BCUT2D eigenvalue weighted by atomic mass is 16.4. The molecule has 0 saturated carbocycles. The molecule has 0 aliphatic rings. The van der Waals surface area contributed by atoms with Gasteiger partial charge < -0.3 is 10.0 Å². The highest BCUT2D eigenvalue weighted by molar-refractivity contribution is 5.95. The van der Waals surface area contributed by atoms with Gasteiger partial charge in [0.1, 0.15) is 0 Å². The summed E-state index contributed by atoms with van der Waals surface area (Å²) in [4.78, 5) is 25.0. The standard InChI is InChI=1S/C17H23NO3/c1-5-8-18(12(2)3)17(21)15-10-13(4)9-14(11-15)6-7-16(19)20/h6-7,9-12H,5,8H2,1-4H3,(H,19,20)/b7-6+. The van der Waals surface area contributed by atoms with Gasteiger partial charge in [0, 0.05) is 24.2 Å². The topological polar surface area (TPSA) is 57.6 Å². The fraction of sp³-hybridized carbons (Fsp3) is 0.412. The van der Waals surface area contributed by atoms with Crippen molar-refractivity contribution in [2.75, 3.05) is 6.54 Å². The fourth-order valence-electron chi connectivity index (χ4n) is 2.20. The van der Waals surface area contributed by atoms with Crippen molar-refractivity contribution in [1.29, 1.82) is 0 Å². The van der Waals surface area contributed by atoms with E-state index in [-0.39, 0.29) is 11.9 Å². The van der Waals surface area contributed by atoms with E-state index in [9.17, 15) is 9.59 Å². The lowest BCUT2D eigenvalue weighted by atomic mass is 10.0. The van der Waals surface area contributed by atoms with Crippen molar-refractivity contribution in [3.05, 3.63) is 41.0 Å². The average molecular weight is 289 g/mol. The van der Waals surface area contributed by atoms with Gasteiger partial charge >= 0.3 is 5.97 Å². The highest BCUT2D eigenvalue weighted by Crippen LogP contribution is 2.15. The summed E-state index contributed by atoms with van der Waals surface area (Å²) in [6.45, 7) is 8.64. The van der Waals surface area contributed by atoms with E-state index in [2.05, 4.69) is 0 Å². The van der Waals surface area contributed by atoms with Gasteiger partial charge in [-0.3, -0.25) is 4.79 Å². The number of rotatable bonds is 6. The van der Waals surface area contributed by atoms with Gasteiger partial charge in [0.2, 0.25) is 0 Å². The zero-order valence-corrected chi connectivity index (χ0v) is 13.1. The summed E-state index contributed by atoms with van der Waals surface area (Å²) in [5.41, 5.74) is 2.26. The second kappa shape index (κ2) is 7.62. The smallest absolute Gasteiger partial charge is 0.328 e. The van der Waals surface area contributed by atoms with Crippen molar-refractivity contribution >= 4 is 18.0 Å². The first-order chi connectivity index (χ1) is 9.85. The van der Waals surface area contributed by atoms with Gasteiger partial charge in [-0.1, -0.05) is 13.0 Å². The zero-order chi connectivity index (χ0) is 16.0. The van der Waals surface area contributed by atoms with E-state index in [0.29, 0.717) is 12.1 Å². The fourth-order valence-corrected chi connectivity index (χ4v) is 2.20. The van der Waals surface area contributed by atoms with E-state index in [1.165, 1.54) is 6.08 Å². The number of carbonyl (C=O) groups excluding carboxylic acids is 1. The largest absolute Gasteiger partial charge is 0.478 e. The molecule has 1 aromatic carbocycles. The maximum Gasteiger partial charge on any atom is 0.328 e. The van der Waals surface area contributed by atoms with E-state index in [0.717, 1.165) is 23.6 Å². The van der Waals surface area contributed by atoms with E-state index in [1.54, 1.807) is 6.07 Å². The molecule has 0 bridgehead atoms. The minimum absolute atomic E-state index is 0.0134. The molecule has 1 amide bonds. The molecule has 4 heteroatoms. The second-order valence-electron chi connectivity index (χ2n) is 5.40. The third-order valence-electron chi connectivity index (χ3n) is 3.11. The Hall–Kier alpha value is -2.10. The SMILES string of the molecule is CCCN(C(=O)c1cc(C)cc(/C=C/C(=O)O)c1)C(C)C. The first-order valence-corrected chi connectivity index (χ1v) is 7.18. The van der Waals surface area contributed by atoms with Crippen LogP contribution in [0.15, 0.2) is 24.3 Å². The summed E-state index contributed by atoms with van der Waals surface area (Å²) in [5.74, 6) is -1.01. The maximum absolute atomic E-state index is 12.6. The number of hydrogen-bond acceptors (Lipinski definition) is 2. The number of aryl methyl sites for hydroxylation is 1. The number of carboxylic acid groups (broad SMARTS) is 1. The third-order valence-corrected chi connectivity index (χ3v) is 3.11. The van der Waals surface area contributed by atoms with Crippen LogP contribution in [0.4, 0.5) is 0 Å². The normalized spacial score (nSPS) is 11.1. The van der Waals surface area contributed by atoms with Crippen molar-refractivity contribution in [2.24, 2.45) is 0 Å². The van der Waals surface area contributed by atoms with Gasteiger partial charge in [-0.15, -0.1) is 0 Å². The molecule has 0 heterocycles. The quantitative estimate of drug-likeness (QED) is 0.817. The Labute approximate surface area is 126 Å². The Morgan fingerprint density at radius 1 is 1.29 bits per heavy atom. The van der Waals surface area contributed by atoms with Crippen LogP contribution in [0, 0.1) is 6.92 Å². The van der Waals surface area contributed by atoms with E-state index in [1.807, 2.05) is 44.7 Å². The molecular weight excluding hydrogens is 266 g/mol. The minimum atomic E-state index is -1.00. The molecule has 0 unspecified atom stereocenters. The van der Waals surface area contributed by atoms with Gasteiger partial charge in [-0.2, -0.15) is 0 Å². The lowest BCUT2D eigenvalue weighted by molar-refractivity contribution is -0.131. The molecule has 0 aliphatic heterocycles. The van der Waals surface area contributed by atoms with Crippen LogP contribution in [-0.4, -0.2) is 34.5 Å². The van der Waals surface area contributed by atoms with Crippen LogP contribution < -0.4 is 0 Å². The van der Waals surface area contributed by atoms with Crippen molar-refractivity contribution in [1.82, 2.24) is 4.90 Å². The molecule has 1 aromatic rings. The first-order valence-electron chi connectivity index (χ1n) is 7.18. The molecule has 4 nitrogen and oxygen atoms in total. The number of amides is 1. The Morgan fingerprint density at radius 2 is 1.95 bits per heavy atom. The van der Waals surface area contributed by atoms with Crippen molar-refractivity contribution in [2.45, 2.75) is 40.2 Å². The molecule has 1 N–H and O–H groups in total. The predicted molar refractivity (Wildman–Crippen MR) is 84.3 cm³/mol. The number of aliphatic carboxylic acids is 1. The maximum atomic E-state index is 12.6. The van der Waals surface area contributed by atoms with E-state index >= 15 is 0 Å². The van der Waals surface area contributed by atoms with Crippen LogP contribution in [0.5, 0.6) is 0 Å². The van der Waals surface area contributed by atoms with Crippen LogP contribution in [0.3, 0.4) is 0 Å². The molecule has 1 rings (SSSR count). The van der Waals surface area contributed by atoms with Gasteiger partial charge in [-0.05, 0) is 56.5 Å². The van der Waals surface area contributed by atoms with Gasteiger partial charge in [0.15, 0.2) is 0 Å². The van der Waals surface area contributed by atoms with Gasteiger partial charge in [0.05, 0.1) is 0 Å². The molecule has 0 radical (unpaired) electrons. The monoisotopic (exact) mass is 289 g/mol. The van der Waals surface area contributed by atoms with Crippen LogP contribution in [0.1, 0.15) is 48.7 Å². The molecule has 0 fully saturated rings. The van der Waals surface area contributed by atoms with Gasteiger partial charge in [-0.25, -0.2) is 4.79 Å². The summed E-state index contributed by atoms with van der Waals surface area (Å²) in [6.07, 6.45) is 3.49. The molecule has 21 heavy (non-hydrogen) atoms. The lowest BCUT2D eigenvalue weighted by Crippen LogP contribution is -2.37. The summed E-state index contributed by atoms with van der Waals surface area (Å²) >= 11 is 0. The number of hydrogen-bond donors (Lipinski definition) is 1. The highest BCUT2D eigenvalue weighted by Gasteiger charge is 2.18. The molecular formula is C17H23NO3. The molecule has 0 aliphatic carbocycles. The van der Waals surface area contributed by atoms with Crippen LogP contribution in [0.25, 0.3) is 6.08 Å². The van der Waals surface area contributed by atoms with Crippen LogP contribution in [-0.2, 0) is 4.79 Å². The van der Waals surface area contributed by atoms with Crippen LogP contribution in [0.2, 0.25) is 0 Å². The Balaban J connectivity index is 3.11. The van der Waals surface area contributed by atoms with Gasteiger partial charge in [0.25, 0.3) is 5.91 Å². The number of carboxylic acids is 1.